The van der Waals surface area contributed by atoms with E-state index < -0.39 is 0 Å². The van der Waals surface area contributed by atoms with E-state index in [9.17, 15) is 0 Å². The first-order valence-corrected chi connectivity index (χ1v) is 6.32. The average molecular weight is 276 g/mol. The molecule has 6 heteroatoms. The first-order valence-electron chi connectivity index (χ1n) is 5.91. The van der Waals surface area contributed by atoms with Gasteiger partial charge >= 0.3 is 0 Å². The highest BCUT2D eigenvalue weighted by Gasteiger charge is 2.12. The number of nitrogens with zero attached hydrogens (tertiary/aromatic N) is 2. The molecular formula is C13H16N4OS. The van der Waals surface area contributed by atoms with E-state index in [1.165, 1.54) is 0 Å². The van der Waals surface area contributed by atoms with Gasteiger partial charge in [-0.1, -0.05) is 17.4 Å². The summed E-state index contributed by atoms with van der Waals surface area (Å²) in [7, 11) is 0. The molecule has 0 aliphatic heterocycles. The fourth-order valence-electron chi connectivity index (χ4n) is 1.95. The molecule has 5 nitrogen and oxygen atoms in total. The van der Waals surface area contributed by atoms with Gasteiger partial charge in [-0.3, -0.25) is 0 Å². The summed E-state index contributed by atoms with van der Waals surface area (Å²) >= 11 is 5.08. The van der Waals surface area contributed by atoms with Gasteiger partial charge < -0.3 is 15.6 Å². The van der Waals surface area contributed by atoms with Crippen LogP contribution in [0.2, 0.25) is 0 Å². The number of thiocarbonyl (C=S) groups is 1. The van der Waals surface area contributed by atoms with Crippen molar-refractivity contribution in [2.45, 2.75) is 27.3 Å². The number of anilines is 1. The van der Waals surface area contributed by atoms with E-state index in [1.54, 1.807) is 0 Å². The van der Waals surface area contributed by atoms with Crippen molar-refractivity contribution in [3.63, 3.8) is 0 Å². The number of pyridine rings is 1. The summed E-state index contributed by atoms with van der Waals surface area (Å²) < 4.78 is 5.14. The maximum absolute atomic E-state index is 5.75. The van der Waals surface area contributed by atoms with Gasteiger partial charge in [0.15, 0.2) is 5.76 Å². The molecule has 19 heavy (non-hydrogen) atoms. The Morgan fingerprint density at radius 2 is 2.05 bits per heavy atom. The van der Waals surface area contributed by atoms with Crippen molar-refractivity contribution in [2.24, 2.45) is 5.73 Å². The predicted molar refractivity (Wildman–Crippen MR) is 78.2 cm³/mol. The fraction of sp³-hybridized carbons (Fsp3) is 0.308. The minimum atomic E-state index is 0.334. The van der Waals surface area contributed by atoms with E-state index in [-0.39, 0.29) is 0 Å². The van der Waals surface area contributed by atoms with E-state index in [4.69, 9.17) is 22.5 Å². The lowest BCUT2D eigenvalue weighted by Crippen LogP contribution is -2.16. The van der Waals surface area contributed by atoms with E-state index in [0.29, 0.717) is 17.4 Å². The molecule has 0 spiro atoms. The maximum Gasteiger partial charge on any atom is 0.156 e. The highest BCUT2D eigenvalue weighted by molar-refractivity contribution is 7.80. The van der Waals surface area contributed by atoms with Crippen molar-refractivity contribution < 1.29 is 4.52 Å². The fourth-order valence-corrected chi connectivity index (χ4v) is 2.20. The van der Waals surface area contributed by atoms with Crippen LogP contribution in [0.5, 0.6) is 0 Å². The highest BCUT2D eigenvalue weighted by atomic mass is 32.1. The van der Waals surface area contributed by atoms with Crippen LogP contribution in [-0.2, 0) is 6.54 Å². The van der Waals surface area contributed by atoms with Gasteiger partial charge in [0.1, 0.15) is 10.8 Å². The molecule has 2 rings (SSSR count). The average Bonchev–Trinajstić information content (AvgIpc) is 2.71. The molecule has 0 aromatic carbocycles. The number of aromatic nitrogens is 2. The van der Waals surface area contributed by atoms with Gasteiger partial charge in [0.25, 0.3) is 0 Å². The monoisotopic (exact) mass is 276 g/mol. The van der Waals surface area contributed by atoms with Gasteiger partial charge in [-0.05, 0) is 32.4 Å². The summed E-state index contributed by atoms with van der Waals surface area (Å²) in [6.07, 6.45) is 0. The summed E-state index contributed by atoms with van der Waals surface area (Å²) in [4.78, 5) is 4.77. The minimum absolute atomic E-state index is 0.334. The Balaban J connectivity index is 2.26. The van der Waals surface area contributed by atoms with Crippen LogP contribution in [0.1, 0.15) is 28.3 Å². The summed E-state index contributed by atoms with van der Waals surface area (Å²) in [5.41, 5.74) is 9.30. The van der Waals surface area contributed by atoms with E-state index in [0.717, 1.165) is 28.3 Å². The normalized spacial score (nSPS) is 10.5. The second-order valence-corrected chi connectivity index (χ2v) is 4.90. The molecule has 3 N–H and O–H groups in total. The lowest BCUT2D eigenvalue weighted by atomic mass is 10.1. The van der Waals surface area contributed by atoms with Crippen LogP contribution in [0, 0.1) is 20.8 Å². The smallest absolute Gasteiger partial charge is 0.156 e. The maximum atomic E-state index is 5.75. The number of rotatable bonds is 4. The third-order valence-corrected chi connectivity index (χ3v) is 2.90. The Kier molecular flexibility index (Phi) is 3.80. The molecule has 0 amide bonds. The number of aryl methyl sites for hydroxylation is 3. The Hall–Kier alpha value is -1.95. The molecule has 100 valence electrons. The Morgan fingerprint density at radius 1 is 1.32 bits per heavy atom. The van der Waals surface area contributed by atoms with E-state index in [1.807, 2.05) is 32.9 Å². The number of hydrogen-bond acceptors (Lipinski definition) is 5. The van der Waals surface area contributed by atoms with E-state index >= 15 is 0 Å². The molecule has 2 aromatic rings. The Bertz CT molecular complexity index is 621. The third-order valence-electron chi connectivity index (χ3n) is 2.70. The third kappa shape index (κ3) is 3.08. The summed E-state index contributed by atoms with van der Waals surface area (Å²) in [5.74, 6) is 1.42. The van der Waals surface area contributed by atoms with Gasteiger partial charge in [0.05, 0.1) is 17.8 Å². The summed E-state index contributed by atoms with van der Waals surface area (Å²) in [6, 6.07) is 3.83. The van der Waals surface area contributed by atoms with Crippen LogP contribution >= 0.6 is 12.2 Å². The van der Waals surface area contributed by atoms with Gasteiger partial charge in [-0.15, -0.1) is 0 Å². The number of hydrogen-bond donors (Lipinski definition) is 2. The van der Waals surface area contributed by atoms with Gasteiger partial charge in [0.2, 0.25) is 0 Å². The van der Waals surface area contributed by atoms with Crippen molar-refractivity contribution in [3.8, 4) is 0 Å². The lowest BCUT2D eigenvalue weighted by molar-refractivity contribution is 0.384. The molecule has 0 bridgehead atoms. The van der Waals surface area contributed by atoms with Crippen molar-refractivity contribution in [1.29, 1.82) is 0 Å². The van der Waals surface area contributed by atoms with Crippen molar-refractivity contribution in [3.05, 3.63) is 40.4 Å². The number of nitrogens with one attached hydrogen (secondary N) is 1. The predicted octanol–water partition coefficient (Wildman–Crippen LogP) is 2.24. The molecule has 0 aliphatic carbocycles. The molecular weight excluding hydrogens is 260 g/mol. The first-order chi connectivity index (χ1) is 8.97. The van der Waals surface area contributed by atoms with Crippen LogP contribution in [-0.4, -0.2) is 15.1 Å². The number of nitrogens with two attached hydrogens (primary N) is 1. The molecule has 2 aromatic heterocycles. The molecule has 0 fully saturated rings. The quantitative estimate of drug-likeness (QED) is 0.834. The van der Waals surface area contributed by atoms with Gasteiger partial charge in [-0.25, -0.2) is 4.98 Å². The van der Waals surface area contributed by atoms with Crippen molar-refractivity contribution >= 4 is 23.0 Å². The largest absolute Gasteiger partial charge is 0.389 e. The van der Waals surface area contributed by atoms with Crippen LogP contribution in [0.3, 0.4) is 0 Å². The Labute approximate surface area is 117 Å². The van der Waals surface area contributed by atoms with Crippen LogP contribution in [0.15, 0.2) is 16.7 Å². The van der Waals surface area contributed by atoms with Crippen molar-refractivity contribution in [2.75, 3.05) is 5.32 Å². The molecule has 0 aliphatic rings. The molecule has 0 atom stereocenters. The minimum Gasteiger partial charge on any atom is -0.389 e. The summed E-state index contributed by atoms with van der Waals surface area (Å²) in [5, 5.41) is 7.03. The van der Waals surface area contributed by atoms with Gasteiger partial charge in [-0.2, -0.15) is 0 Å². The van der Waals surface area contributed by atoms with Crippen molar-refractivity contribution in [1.82, 2.24) is 10.1 Å². The lowest BCUT2D eigenvalue weighted by Gasteiger charge is -2.12. The second kappa shape index (κ2) is 5.36. The highest BCUT2D eigenvalue weighted by Crippen LogP contribution is 2.19. The second-order valence-electron chi connectivity index (χ2n) is 4.46. The molecule has 2 heterocycles. The zero-order valence-electron chi connectivity index (χ0n) is 11.2. The molecule has 0 radical (unpaired) electrons. The zero-order valence-corrected chi connectivity index (χ0v) is 12.0. The van der Waals surface area contributed by atoms with E-state index in [2.05, 4.69) is 15.5 Å². The molecule has 0 saturated heterocycles. The van der Waals surface area contributed by atoms with Crippen LogP contribution in [0.25, 0.3) is 0 Å². The molecule has 0 unspecified atom stereocenters. The Morgan fingerprint density at radius 3 is 2.63 bits per heavy atom. The zero-order chi connectivity index (χ0) is 14.0. The standard InChI is InChI=1S/C13H16N4OS/c1-7-4-8(2)16-13(11(7)12(14)19)15-6-10-5-9(3)17-18-10/h4-5H,6H2,1-3H3,(H2,14,19)(H,15,16). The summed E-state index contributed by atoms with van der Waals surface area (Å²) in [6.45, 7) is 6.27. The van der Waals surface area contributed by atoms with Crippen LogP contribution in [0.4, 0.5) is 5.82 Å². The topological polar surface area (TPSA) is 77.0 Å². The van der Waals surface area contributed by atoms with Crippen LogP contribution < -0.4 is 11.1 Å². The first kappa shape index (κ1) is 13.5. The SMILES string of the molecule is Cc1cc(CNc2nc(C)cc(C)c2C(N)=S)on1. The molecule has 0 saturated carbocycles. The van der Waals surface area contributed by atoms with Gasteiger partial charge in [0, 0.05) is 11.8 Å².